The van der Waals surface area contributed by atoms with Crippen LogP contribution >= 0.6 is 11.8 Å². The molecule has 3 rings (SSSR count). The van der Waals surface area contributed by atoms with Gasteiger partial charge in [-0.3, -0.25) is 14.5 Å². The standard InChI is InChI=1S/C23H26N2O2S/c1-7-15(4)25-22(26)20(28-23(25)27)13-19-12-16(5)24(17(19)6)21-14(3)10-9-11-18(21)8-2/h7,9-13,15H,1,8H2,2-6H3/b20-13-/t15-/m0/s1. The molecule has 146 valence electrons. The van der Waals surface area contributed by atoms with E-state index in [1.807, 2.05) is 6.08 Å². The maximum absolute atomic E-state index is 12.7. The average molecular weight is 395 g/mol. The molecule has 2 heterocycles. The number of para-hydroxylation sites is 1. The molecule has 0 spiro atoms. The summed E-state index contributed by atoms with van der Waals surface area (Å²) in [4.78, 5) is 26.7. The van der Waals surface area contributed by atoms with E-state index >= 15 is 0 Å². The second kappa shape index (κ2) is 7.84. The topological polar surface area (TPSA) is 42.3 Å². The first-order chi connectivity index (χ1) is 13.3. The van der Waals surface area contributed by atoms with Crippen molar-refractivity contribution < 1.29 is 9.59 Å². The molecule has 0 saturated carbocycles. The molecule has 0 unspecified atom stereocenters. The molecule has 1 aromatic heterocycles. The summed E-state index contributed by atoms with van der Waals surface area (Å²) in [7, 11) is 0. The van der Waals surface area contributed by atoms with Gasteiger partial charge in [0, 0.05) is 11.4 Å². The third-order valence-corrected chi connectivity index (χ3v) is 6.14. The summed E-state index contributed by atoms with van der Waals surface area (Å²) in [6.07, 6.45) is 4.39. The summed E-state index contributed by atoms with van der Waals surface area (Å²) >= 11 is 0.992. The highest BCUT2D eigenvalue weighted by atomic mass is 32.2. The Bertz CT molecular complexity index is 1000. The number of nitrogens with zero attached hydrogens (tertiary/aromatic N) is 2. The normalized spacial score (nSPS) is 16.9. The van der Waals surface area contributed by atoms with Crippen LogP contribution in [0.4, 0.5) is 4.79 Å². The molecule has 1 aliphatic heterocycles. The van der Waals surface area contributed by atoms with Crippen molar-refractivity contribution >= 4 is 29.0 Å². The fraction of sp³-hybridized carbons (Fsp3) is 0.304. The van der Waals surface area contributed by atoms with Crippen LogP contribution in [0, 0.1) is 20.8 Å². The third kappa shape index (κ3) is 3.35. The smallest absolute Gasteiger partial charge is 0.294 e. The average Bonchev–Trinajstić information content (AvgIpc) is 3.09. The molecule has 28 heavy (non-hydrogen) atoms. The Morgan fingerprint density at radius 1 is 1.21 bits per heavy atom. The predicted octanol–water partition coefficient (Wildman–Crippen LogP) is 5.58. The van der Waals surface area contributed by atoms with E-state index in [1.165, 1.54) is 21.7 Å². The van der Waals surface area contributed by atoms with Crippen molar-refractivity contribution in [1.29, 1.82) is 0 Å². The molecule has 0 aliphatic carbocycles. The van der Waals surface area contributed by atoms with Crippen LogP contribution in [-0.4, -0.2) is 26.7 Å². The number of rotatable bonds is 5. The SMILES string of the molecule is C=C[C@H](C)N1C(=O)S/C(=C\c2cc(C)n(-c3c(C)cccc3CC)c2C)C1=O. The second-order valence-electron chi connectivity index (χ2n) is 7.13. The fourth-order valence-corrected chi connectivity index (χ4v) is 4.59. The van der Waals surface area contributed by atoms with Gasteiger partial charge in [0.15, 0.2) is 0 Å². The van der Waals surface area contributed by atoms with Crippen LogP contribution < -0.4 is 0 Å². The van der Waals surface area contributed by atoms with Crippen LogP contribution in [0.15, 0.2) is 41.8 Å². The van der Waals surface area contributed by atoms with Crippen LogP contribution in [0.3, 0.4) is 0 Å². The minimum absolute atomic E-state index is 0.246. The Morgan fingerprint density at radius 2 is 1.93 bits per heavy atom. The van der Waals surface area contributed by atoms with Crippen molar-refractivity contribution in [2.75, 3.05) is 0 Å². The third-order valence-electron chi connectivity index (χ3n) is 5.25. The quantitative estimate of drug-likeness (QED) is 0.491. The molecule has 1 aromatic carbocycles. The molecular weight excluding hydrogens is 368 g/mol. The minimum Gasteiger partial charge on any atom is -0.317 e. The number of imide groups is 1. The van der Waals surface area contributed by atoms with E-state index in [2.05, 4.69) is 63.1 Å². The first-order valence-corrected chi connectivity index (χ1v) is 10.3. The van der Waals surface area contributed by atoms with Crippen LogP contribution in [0.1, 0.15) is 41.9 Å². The van der Waals surface area contributed by atoms with Gasteiger partial charge < -0.3 is 4.57 Å². The molecule has 1 atom stereocenters. The lowest BCUT2D eigenvalue weighted by Gasteiger charge is -2.17. The maximum Gasteiger partial charge on any atom is 0.294 e. The van der Waals surface area contributed by atoms with Crippen molar-refractivity contribution in [2.24, 2.45) is 0 Å². The Hall–Kier alpha value is -2.53. The first kappa shape index (κ1) is 20.2. The number of amides is 2. The van der Waals surface area contributed by atoms with Crippen molar-refractivity contribution in [1.82, 2.24) is 9.47 Å². The minimum atomic E-state index is -0.315. The highest BCUT2D eigenvalue weighted by Crippen LogP contribution is 2.35. The molecule has 5 heteroatoms. The lowest BCUT2D eigenvalue weighted by molar-refractivity contribution is -0.123. The molecular formula is C23H26N2O2S. The van der Waals surface area contributed by atoms with Gasteiger partial charge >= 0.3 is 0 Å². The largest absolute Gasteiger partial charge is 0.317 e. The maximum atomic E-state index is 12.7. The number of hydrogen-bond donors (Lipinski definition) is 0. The second-order valence-corrected chi connectivity index (χ2v) is 8.12. The summed E-state index contributed by atoms with van der Waals surface area (Å²) in [6, 6.07) is 8.12. The molecule has 2 amide bonds. The van der Waals surface area contributed by atoms with E-state index in [-0.39, 0.29) is 17.2 Å². The van der Waals surface area contributed by atoms with Gasteiger partial charge in [-0.25, -0.2) is 0 Å². The first-order valence-electron chi connectivity index (χ1n) is 9.47. The number of aryl methyl sites for hydroxylation is 3. The van der Waals surface area contributed by atoms with E-state index in [9.17, 15) is 9.59 Å². The Labute approximate surface area is 170 Å². The Kier molecular flexibility index (Phi) is 5.66. The number of aromatic nitrogens is 1. The van der Waals surface area contributed by atoms with E-state index in [1.54, 1.807) is 13.0 Å². The summed E-state index contributed by atoms with van der Waals surface area (Å²) in [5.41, 5.74) is 6.82. The molecule has 1 aliphatic rings. The van der Waals surface area contributed by atoms with Gasteiger partial charge in [-0.05, 0) is 74.7 Å². The van der Waals surface area contributed by atoms with Crippen LogP contribution in [-0.2, 0) is 11.2 Å². The van der Waals surface area contributed by atoms with Crippen molar-refractivity contribution in [3.05, 3.63) is 69.9 Å². The van der Waals surface area contributed by atoms with Gasteiger partial charge in [-0.1, -0.05) is 31.2 Å². The summed E-state index contributed by atoms with van der Waals surface area (Å²) < 4.78 is 2.25. The summed E-state index contributed by atoms with van der Waals surface area (Å²) in [6.45, 7) is 13.9. The highest BCUT2D eigenvalue weighted by Gasteiger charge is 2.37. The van der Waals surface area contributed by atoms with Gasteiger partial charge in [0.2, 0.25) is 0 Å². The molecule has 2 aromatic rings. The van der Waals surface area contributed by atoms with Crippen LogP contribution in [0.25, 0.3) is 11.8 Å². The van der Waals surface area contributed by atoms with Crippen molar-refractivity contribution in [3.8, 4) is 5.69 Å². The molecule has 4 nitrogen and oxygen atoms in total. The Balaban J connectivity index is 2.07. The van der Waals surface area contributed by atoms with Gasteiger partial charge in [-0.2, -0.15) is 0 Å². The van der Waals surface area contributed by atoms with Crippen molar-refractivity contribution in [3.63, 3.8) is 0 Å². The van der Waals surface area contributed by atoms with Crippen LogP contribution in [0.2, 0.25) is 0 Å². The molecule has 0 radical (unpaired) electrons. The van der Waals surface area contributed by atoms with E-state index in [0.29, 0.717) is 4.91 Å². The van der Waals surface area contributed by atoms with E-state index in [0.717, 1.165) is 35.1 Å². The molecule has 1 saturated heterocycles. The van der Waals surface area contributed by atoms with Gasteiger partial charge in [-0.15, -0.1) is 6.58 Å². The lowest BCUT2D eigenvalue weighted by Crippen LogP contribution is -2.35. The monoisotopic (exact) mass is 394 g/mol. The van der Waals surface area contributed by atoms with E-state index < -0.39 is 0 Å². The number of benzene rings is 1. The zero-order valence-electron chi connectivity index (χ0n) is 17.1. The lowest BCUT2D eigenvalue weighted by atomic mass is 10.1. The zero-order valence-corrected chi connectivity index (χ0v) is 17.9. The molecule has 1 fully saturated rings. The van der Waals surface area contributed by atoms with Crippen LogP contribution in [0.5, 0.6) is 0 Å². The van der Waals surface area contributed by atoms with Crippen molar-refractivity contribution in [2.45, 2.75) is 47.1 Å². The number of carbonyl (C=O) groups excluding carboxylic acids is 2. The molecule has 0 bridgehead atoms. The number of thioether (sulfide) groups is 1. The molecule has 0 N–H and O–H groups in total. The van der Waals surface area contributed by atoms with Gasteiger partial charge in [0.1, 0.15) is 0 Å². The Morgan fingerprint density at radius 3 is 2.57 bits per heavy atom. The van der Waals surface area contributed by atoms with E-state index in [4.69, 9.17) is 0 Å². The summed E-state index contributed by atoms with van der Waals surface area (Å²) in [5.74, 6) is -0.252. The zero-order chi connectivity index (χ0) is 20.6. The van der Waals surface area contributed by atoms with Gasteiger partial charge in [0.05, 0.1) is 16.6 Å². The summed E-state index contributed by atoms with van der Waals surface area (Å²) in [5, 5.41) is -0.246. The number of hydrogen-bond acceptors (Lipinski definition) is 3. The number of carbonyl (C=O) groups is 2. The highest BCUT2D eigenvalue weighted by molar-refractivity contribution is 8.18. The predicted molar refractivity (Wildman–Crippen MR) is 117 cm³/mol. The fourth-order valence-electron chi connectivity index (χ4n) is 3.68. The van der Waals surface area contributed by atoms with Gasteiger partial charge in [0.25, 0.3) is 11.1 Å².